The van der Waals surface area contributed by atoms with E-state index in [-0.39, 0.29) is 11.8 Å². The van der Waals surface area contributed by atoms with Crippen molar-refractivity contribution in [3.05, 3.63) is 107 Å². The molecule has 0 fully saturated rings. The minimum absolute atomic E-state index is 0.258. The zero-order valence-electron chi connectivity index (χ0n) is 14.5. The normalized spacial score (nSPS) is 14.1. The summed E-state index contributed by atoms with van der Waals surface area (Å²) in [7, 11) is 0. The summed E-state index contributed by atoms with van der Waals surface area (Å²) in [6, 6.07) is 28.4. The van der Waals surface area contributed by atoms with Crippen molar-refractivity contribution in [1.82, 2.24) is 0 Å². The monoisotopic (exact) mass is 371 g/mol. The number of amides is 2. The van der Waals surface area contributed by atoms with Crippen molar-refractivity contribution >= 4 is 34.8 Å². The molecule has 0 unspecified atom stereocenters. The summed E-state index contributed by atoms with van der Waals surface area (Å²) in [6.45, 7) is 0. The van der Waals surface area contributed by atoms with E-state index in [1.54, 1.807) is 12.1 Å². The molecule has 0 aliphatic carbocycles. The van der Waals surface area contributed by atoms with E-state index >= 15 is 0 Å². The minimum atomic E-state index is -0.270. The van der Waals surface area contributed by atoms with E-state index in [4.69, 9.17) is 0 Å². The second kappa shape index (κ2) is 7.64. The highest BCUT2D eigenvalue weighted by atomic mass is 32.2. The number of nitrogens with zero attached hydrogens (tertiary/aromatic N) is 1. The third kappa shape index (κ3) is 3.44. The van der Waals surface area contributed by atoms with E-state index in [1.807, 2.05) is 78.9 Å². The lowest BCUT2D eigenvalue weighted by Crippen LogP contribution is -2.31. The maximum Gasteiger partial charge on any atom is 0.272 e. The Kier molecular flexibility index (Phi) is 4.90. The Labute approximate surface area is 162 Å². The van der Waals surface area contributed by atoms with Crippen LogP contribution in [0.3, 0.4) is 0 Å². The van der Waals surface area contributed by atoms with Gasteiger partial charge in [0.15, 0.2) is 0 Å². The summed E-state index contributed by atoms with van der Waals surface area (Å²) in [4.78, 5) is 28.1. The zero-order valence-corrected chi connectivity index (χ0v) is 15.4. The number of benzene rings is 3. The predicted octanol–water partition coefficient (Wildman–Crippen LogP) is 4.90. The molecule has 0 saturated heterocycles. The van der Waals surface area contributed by atoms with Gasteiger partial charge in [0.05, 0.1) is 16.2 Å². The van der Waals surface area contributed by atoms with Crippen LogP contribution >= 0.6 is 11.8 Å². The van der Waals surface area contributed by atoms with Crippen LogP contribution in [0.15, 0.2) is 95.9 Å². The van der Waals surface area contributed by atoms with Gasteiger partial charge in [0, 0.05) is 5.75 Å². The van der Waals surface area contributed by atoms with Gasteiger partial charge in [-0.1, -0.05) is 78.9 Å². The number of rotatable bonds is 5. The molecule has 27 heavy (non-hydrogen) atoms. The van der Waals surface area contributed by atoms with Gasteiger partial charge in [-0.2, -0.15) is 0 Å². The van der Waals surface area contributed by atoms with Gasteiger partial charge in [-0.15, -0.1) is 11.8 Å². The highest BCUT2D eigenvalue weighted by molar-refractivity contribution is 8.03. The molecular formula is C23H17NO2S. The molecule has 0 N–H and O–H groups in total. The Morgan fingerprint density at radius 1 is 0.667 bits per heavy atom. The number of para-hydroxylation sites is 1. The number of carbonyl (C=O) groups excluding carboxylic acids is 2. The number of thioether (sulfide) groups is 1. The van der Waals surface area contributed by atoms with Crippen molar-refractivity contribution in [2.45, 2.75) is 5.75 Å². The standard InChI is InChI=1S/C23H17NO2S/c25-22-20(18-12-6-2-7-13-18)21(27-16-17-10-4-1-5-11-17)23(26)24(22)19-14-8-3-9-15-19/h1-15H,16H2. The Morgan fingerprint density at radius 3 is 1.85 bits per heavy atom. The van der Waals surface area contributed by atoms with Crippen molar-refractivity contribution in [3.8, 4) is 0 Å². The largest absolute Gasteiger partial charge is 0.272 e. The molecular weight excluding hydrogens is 354 g/mol. The first kappa shape index (κ1) is 17.3. The molecule has 1 heterocycles. The Hall–Kier alpha value is -3.11. The summed E-state index contributed by atoms with van der Waals surface area (Å²) in [5.74, 6) is 0.104. The van der Waals surface area contributed by atoms with E-state index < -0.39 is 0 Å². The Balaban J connectivity index is 1.73. The smallest absolute Gasteiger partial charge is 0.268 e. The summed E-state index contributed by atoms with van der Waals surface area (Å²) >= 11 is 1.42. The third-order valence-corrected chi connectivity index (χ3v) is 5.49. The lowest BCUT2D eigenvalue weighted by atomic mass is 10.1. The first-order valence-corrected chi connectivity index (χ1v) is 9.64. The minimum Gasteiger partial charge on any atom is -0.268 e. The van der Waals surface area contributed by atoms with Crippen LogP contribution in [-0.4, -0.2) is 11.8 Å². The lowest BCUT2D eigenvalue weighted by molar-refractivity contribution is -0.119. The molecule has 4 rings (SSSR count). The number of hydrogen-bond acceptors (Lipinski definition) is 3. The van der Waals surface area contributed by atoms with Gasteiger partial charge in [-0.3, -0.25) is 9.59 Å². The zero-order chi connectivity index (χ0) is 18.6. The molecule has 3 aromatic rings. The van der Waals surface area contributed by atoms with E-state index in [1.165, 1.54) is 16.7 Å². The van der Waals surface area contributed by atoms with E-state index in [2.05, 4.69) is 0 Å². The highest BCUT2D eigenvalue weighted by Gasteiger charge is 2.39. The third-order valence-electron chi connectivity index (χ3n) is 4.34. The topological polar surface area (TPSA) is 37.4 Å². The fraction of sp³-hybridized carbons (Fsp3) is 0.0435. The maximum atomic E-state index is 13.2. The number of hydrogen-bond donors (Lipinski definition) is 0. The average molecular weight is 371 g/mol. The van der Waals surface area contributed by atoms with Crippen molar-refractivity contribution in [2.75, 3.05) is 4.90 Å². The van der Waals surface area contributed by atoms with E-state index in [0.29, 0.717) is 21.9 Å². The average Bonchev–Trinajstić information content (AvgIpc) is 2.98. The summed E-state index contributed by atoms with van der Waals surface area (Å²) < 4.78 is 0. The molecule has 0 saturated carbocycles. The van der Waals surface area contributed by atoms with Crippen LogP contribution in [0.25, 0.3) is 5.57 Å². The summed E-state index contributed by atoms with van der Waals surface area (Å²) in [5.41, 5.74) is 2.95. The van der Waals surface area contributed by atoms with Crippen LogP contribution in [0.4, 0.5) is 5.69 Å². The molecule has 0 atom stereocenters. The van der Waals surface area contributed by atoms with E-state index in [0.717, 1.165) is 11.1 Å². The SMILES string of the molecule is O=C1C(SCc2ccccc2)=C(c2ccccc2)C(=O)N1c1ccccc1. The van der Waals surface area contributed by atoms with Crippen LogP contribution in [0.1, 0.15) is 11.1 Å². The predicted molar refractivity (Wildman–Crippen MR) is 110 cm³/mol. The maximum absolute atomic E-state index is 13.2. The van der Waals surface area contributed by atoms with Crippen molar-refractivity contribution < 1.29 is 9.59 Å². The quantitative estimate of drug-likeness (QED) is 0.599. The van der Waals surface area contributed by atoms with Gasteiger partial charge in [-0.05, 0) is 23.3 Å². The molecule has 0 radical (unpaired) electrons. The van der Waals surface area contributed by atoms with Gasteiger partial charge < -0.3 is 0 Å². The molecule has 1 aliphatic rings. The first-order chi connectivity index (χ1) is 13.3. The van der Waals surface area contributed by atoms with Gasteiger partial charge in [0.2, 0.25) is 0 Å². The molecule has 0 bridgehead atoms. The molecule has 0 spiro atoms. The number of imide groups is 1. The number of carbonyl (C=O) groups is 2. The molecule has 1 aliphatic heterocycles. The Morgan fingerprint density at radius 2 is 1.22 bits per heavy atom. The highest BCUT2D eigenvalue weighted by Crippen LogP contribution is 2.39. The molecule has 4 heteroatoms. The van der Waals surface area contributed by atoms with Crippen molar-refractivity contribution in [1.29, 1.82) is 0 Å². The van der Waals surface area contributed by atoms with Crippen LogP contribution in [0.5, 0.6) is 0 Å². The molecule has 3 nitrogen and oxygen atoms in total. The first-order valence-electron chi connectivity index (χ1n) is 8.66. The molecule has 132 valence electrons. The summed E-state index contributed by atoms with van der Waals surface area (Å²) in [5, 5.41) is 0. The molecule has 0 aromatic heterocycles. The fourth-order valence-electron chi connectivity index (χ4n) is 3.04. The summed E-state index contributed by atoms with van der Waals surface area (Å²) in [6.07, 6.45) is 0. The fourth-order valence-corrected chi connectivity index (χ4v) is 4.11. The van der Waals surface area contributed by atoms with Crippen LogP contribution in [0, 0.1) is 0 Å². The van der Waals surface area contributed by atoms with Crippen LogP contribution in [0.2, 0.25) is 0 Å². The van der Waals surface area contributed by atoms with Crippen LogP contribution in [-0.2, 0) is 15.3 Å². The van der Waals surface area contributed by atoms with Gasteiger partial charge in [-0.25, -0.2) is 4.90 Å². The van der Waals surface area contributed by atoms with Crippen LogP contribution < -0.4 is 4.90 Å². The molecule has 2 amide bonds. The molecule has 3 aromatic carbocycles. The lowest BCUT2D eigenvalue weighted by Gasteiger charge is -2.14. The van der Waals surface area contributed by atoms with Gasteiger partial charge in [0.25, 0.3) is 11.8 Å². The van der Waals surface area contributed by atoms with Gasteiger partial charge >= 0.3 is 0 Å². The second-order valence-electron chi connectivity index (χ2n) is 6.13. The number of anilines is 1. The van der Waals surface area contributed by atoms with Crippen molar-refractivity contribution in [3.63, 3.8) is 0 Å². The second-order valence-corrected chi connectivity index (χ2v) is 7.11. The van der Waals surface area contributed by atoms with E-state index in [9.17, 15) is 9.59 Å². The Bertz CT molecular complexity index is 998. The van der Waals surface area contributed by atoms with Crippen molar-refractivity contribution in [2.24, 2.45) is 0 Å². The van der Waals surface area contributed by atoms with Gasteiger partial charge in [0.1, 0.15) is 0 Å².